The number of nitrogens with one attached hydrogen (secondary N) is 1. The van der Waals surface area contributed by atoms with Gasteiger partial charge in [-0.25, -0.2) is 0 Å². The molecule has 0 aliphatic rings. The van der Waals surface area contributed by atoms with Gasteiger partial charge in [0.1, 0.15) is 0 Å². The number of hydrogen-bond acceptors (Lipinski definition) is 5. The zero-order chi connectivity index (χ0) is 55.7. The molecule has 0 spiro atoms. The van der Waals surface area contributed by atoms with Crippen molar-refractivity contribution in [2.24, 2.45) is 0 Å². The Morgan fingerprint density at radius 1 is 0.351 bits per heavy atom. The largest absolute Gasteiger partial charge is 0.466 e. The van der Waals surface area contributed by atoms with Crippen molar-refractivity contribution >= 4 is 11.9 Å². The highest BCUT2D eigenvalue weighted by Gasteiger charge is 2.18. The molecule has 77 heavy (non-hydrogen) atoms. The summed E-state index contributed by atoms with van der Waals surface area (Å²) >= 11 is 0. The molecule has 0 aromatic carbocycles. The van der Waals surface area contributed by atoms with E-state index in [2.05, 4.69) is 19.2 Å². The zero-order valence-electron chi connectivity index (χ0n) is 52.5. The molecule has 2 atom stereocenters. The fourth-order valence-electron chi connectivity index (χ4n) is 11.4. The molecule has 0 saturated heterocycles. The van der Waals surface area contributed by atoms with Crippen LogP contribution in [0.5, 0.6) is 0 Å². The molecule has 0 aromatic rings. The van der Waals surface area contributed by atoms with Crippen LogP contribution in [0.3, 0.4) is 0 Å². The lowest BCUT2D eigenvalue weighted by atomic mass is 10.0. The number of ether oxygens (including phenoxy) is 1. The Morgan fingerprint density at radius 2 is 0.597 bits per heavy atom. The first kappa shape index (κ1) is 75.6. The monoisotopic (exact) mass is 1090 g/mol. The topological polar surface area (TPSA) is 95.9 Å². The van der Waals surface area contributed by atoms with Crippen LogP contribution in [-0.4, -0.2) is 47.4 Å². The number of aliphatic hydroxyl groups is 2. The molecule has 0 aliphatic carbocycles. The van der Waals surface area contributed by atoms with E-state index in [1.54, 1.807) is 6.08 Å². The lowest BCUT2D eigenvalue weighted by Gasteiger charge is -2.20. The van der Waals surface area contributed by atoms with Gasteiger partial charge in [0, 0.05) is 12.8 Å². The molecule has 2 unspecified atom stereocenters. The van der Waals surface area contributed by atoms with Gasteiger partial charge in [-0.05, 0) is 32.1 Å². The summed E-state index contributed by atoms with van der Waals surface area (Å²) in [7, 11) is 0. The molecular formula is C71H139NO5. The highest BCUT2D eigenvalue weighted by Crippen LogP contribution is 2.19. The van der Waals surface area contributed by atoms with Gasteiger partial charge in [0.05, 0.1) is 25.4 Å². The molecule has 0 fully saturated rings. The number of hydrogen-bond donors (Lipinski definition) is 3. The van der Waals surface area contributed by atoms with Gasteiger partial charge < -0.3 is 20.3 Å². The van der Waals surface area contributed by atoms with Crippen molar-refractivity contribution in [1.29, 1.82) is 0 Å². The van der Waals surface area contributed by atoms with Crippen molar-refractivity contribution in [3.05, 3.63) is 12.2 Å². The van der Waals surface area contributed by atoms with E-state index in [4.69, 9.17) is 4.74 Å². The molecule has 6 nitrogen and oxygen atoms in total. The zero-order valence-corrected chi connectivity index (χ0v) is 52.5. The Hall–Kier alpha value is -1.40. The molecule has 6 heteroatoms. The number of allylic oxidation sites excluding steroid dienone is 1. The minimum absolute atomic E-state index is 0.0180. The van der Waals surface area contributed by atoms with Crippen LogP contribution < -0.4 is 5.32 Å². The van der Waals surface area contributed by atoms with Crippen LogP contribution >= 0.6 is 0 Å². The first-order chi connectivity index (χ1) is 38.0. The van der Waals surface area contributed by atoms with Gasteiger partial charge >= 0.3 is 5.97 Å². The van der Waals surface area contributed by atoms with Crippen LogP contribution in [0.4, 0.5) is 0 Å². The molecule has 0 bridgehead atoms. The smallest absolute Gasteiger partial charge is 0.305 e. The van der Waals surface area contributed by atoms with Crippen molar-refractivity contribution in [2.75, 3.05) is 13.2 Å². The molecule has 3 N–H and O–H groups in total. The first-order valence-corrected chi connectivity index (χ1v) is 35.5. The summed E-state index contributed by atoms with van der Waals surface area (Å²) < 4.78 is 5.50. The van der Waals surface area contributed by atoms with E-state index in [0.717, 1.165) is 38.5 Å². The Bertz CT molecular complexity index is 1160. The Labute approximate surface area is 482 Å². The Morgan fingerprint density at radius 3 is 0.883 bits per heavy atom. The second-order valence-electron chi connectivity index (χ2n) is 24.6. The van der Waals surface area contributed by atoms with Crippen molar-refractivity contribution in [3.63, 3.8) is 0 Å². The van der Waals surface area contributed by atoms with Crippen molar-refractivity contribution in [1.82, 2.24) is 5.32 Å². The Kier molecular flexibility index (Phi) is 65.9. The Balaban J connectivity index is 3.39. The summed E-state index contributed by atoms with van der Waals surface area (Å²) in [5.41, 5.74) is 0. The van der Waals surface area contributed by atoms with Crippen LogP contribution in [0, 0.1) is 0 Å². The first-order valence-electron chi connectivity index (χ1n) is 35.5. The maximum absolute atomic E-state index is 12.5. The van der Waals surface area contributed by atoms with E-state index < -0.39 is 12.1 Å². The molecule has 0 heterocycles. The second kappa shape index (κ2) is 67.1. The van der Waals surface area contributed by atoms with Crippen LogP contribution in [0.2, 0.25) is 0 Å². The molecule has 0 aromatic heterocycles. The summed E-state index contributed by atoms with van der Waals surface area (Å²) in [5, 5.41) is 23.3. The van der Waals surface area contributed by atoms with Gasteiger partial charge in [-0.1, -0.05) is 373 Å². The number of esters is 1. The van der Waals surface area contributed by atoms with Gasteiger partial charge in [0.15, 0.2) is 0 Å². The average Bonchev–Trinajstić information content (AvgIpc) is 3.43. The molecule has 0 saturated carbocycles. The summed E-state index contributed by atoms with van der Waals surface area (Å²) in [6.07, 6.45) is 82.9. The van der Waals surface area contributed by atoms with Crippen LogP contribution in [0.15, 0.2) is 12.2 Å². The van der Waals surface area contributed by atoms with E-state index in [1.165, 1.54) is 340 Å². The fraction of sp³-hybridized carbons (Fsp3) is 0.944. The third-order valence-corrected chi connectivity index (χ3v) is 16.8. The molecule has 458 valence electrons. The van der Waals surface area contributed by atoms with Gasteiger partial charge in [-0.3, -0.25) is 9.59 Å². The number of carbonyl (C=O) groups is 2. The van der Waals surface area contributed by atoms with Crippen LogP contribution in [-0.2, 0) is 14.3 Å². The molecule has 0 radical (unpaired) electrons. The van der Waals surface area contributed by atoms with Gasteiger partial charge in [-0.2, -0.15) is 0 Å². The highest BCUT2D eigenvalue weighted by molar-refractivity contribution is 5.76. The number of rotatable bonds is 67. The average molecular weight is 1090 g/mol. The lowest BCUT2D eigenvalue weighted by Crippen LogP contribution is -2.45. The van der Waals surface area contributed by atoms with Gasteiger partial charge in [0.2, 0.25) is 5.91 Å². The van der Waals surface area contributed by atoms with Crippen molar-refractivity contribution in [3.8, 4) is 0 Å². The standard InChI is InChI=1S/C71H139NO5/c1-3-5-7-9-11-13-15-17-19-20-21-22-26-29-32-36-39-43-47-51-55-59-63-69(74)68(67-73)72-70(75)64-60-56-52-48-44-40-37-33-30-27-24-23-25-28-31-34-38-42-46-50-54-58-62-66-77-71(76)65-61-57-53-49-45-41-35-18-16-14-12-10-8-6-4-2/h59,63,68-69,73-74H,3-58,60-62,64-67H2,1-2H3,(H,72,75)/b63-59+. The summed E-state index contributed by atoms with van der Waals surface area (Å²) in [5.74, 6) is -0.0446. The molecule has 0 rings (SSSR count). The van der Waals surface area contributed by atoms with Crippen LogP contribution in [0.1, 0.15) is 406 Å². The maximum Gasteiger partial charge on any atom is 0.305 e. The molecule has 0 aliphatic heterocycles. The van der Waals surface area contributed by atoms with E-state index in [1.807, 2.05) is 6.08 Å². The lowest BCUT2D eigenvalue weighted by molar-refractivity contribution is -0.143. The summed E-state index contributed by atoms with van der Waals surface area (Å²) in [4.78, 5) is 24.6. The fourth-order valence-corrected chi connectivity index (χ4v) is 11.4. The number of unbranched alkanes of at least 4 members (excludes halogenated alkanes) is 56. The number of carbonyl (C=O) groups excluding carboxylic acids is 2. The van der Waals surface area contributed by atoms with Gasteiger partial charge in [0.25, 0.3) is 0 Å². The van der Waals surface area contributed by atoms with E-state index >= 15 is 0 Å². The number of aliphatic hydroxyl groups excluding tert-OH is 2. The second-order valence-corrected chi connectivity index (χ2v) is 24.6. The molecule has 1 amide bonds. The predicted molar refractivity (Wildman–Crippen MR) is 338 cm³/mol. The van der Waals surface area contributed by atoms with E-state index in [0.29, 0.717) is 19.4 Å². The SMILES string of the molecule is CCCCCCCCCCCCCCCCCCCCCC/C=C/C(O)C(CO)NC(=O)CCCCCCCCCCCCCCCCCCCCCCCCCOC(=O)CCCCCCCCCCCCCCCCC. The predicted octanol–water partition coefficient (Wildman–Crippen LogP) is 22.8. The highest BCUT2D eigenvalue weighted by atomic mass is 16.5. The minimum Gasteiger partial charge on any atom is -0.466 e. The quantitative estimate of drug-likeness (QED) is 0.0320. The summed E-state index contributed by atoms with van der Waals surface area (Å²) in [6, 6.07) is -0.628. The minimum atomic E-state index is -0.845. The van der Waals surface area contributed by atoms with Crippen molar-refractivity contribution in [2.45, 2.75) is 418 Å². The third-order valence-electron chi connectivity index (χ3n) is 16.8. The summed E-state index contributed by atoms with van der Waals surface area (Å²) in [6.45, 7) is 4.95. The third kappa shape index (κ3) is 63.6. The number of amides is 1. The maximum atomic E-state index is 12.5. The van der Waals surface area contributed by atoms with Crippen LogP contribution in [0.25, 0.3) is 0 Å². The van der Waals surface area contributed by atoms with E-state index in [9.17, 15) is 19.8 Å². The normalized spacial score (nSPS) is 12.5. The van der Waals surface area contributed by atoms with Crippen molar-refractivity contribution < 1.29 is 24.5 Å². The molecular weight excluding hydrogens is 947 g/mol. The van der Waals surface area contributed by atoms with Gasteiger partial charge in [-0.15, -0.1) is 0 Å². The van der Waals surface area contributed by atoms with E-state index in [-0.39, 0.29) is 18.5 Å².